The smallest absolute Gasteiger partial charge is 0.224 e. The van der Waals surface area contributed by atoms with Gasteiger partial charge in [-0.05, 0) is 29.9 Å². The Morgan fingerprint density at radius 3 is 2.68 bits per heavy atom. The lowest BCUT2D eigenvalue weighted by Gasteiger charge is -2.10. The molecular weight excluding hydrogens is 391 g/mol. The summed E-state index contributed by atoms with van der Waals surface area (Å²) in [6.45, 7) is 0.721. The first kappa shape index (κ1) is 15.0. The lowest BCUT2D eigenvalue weighted by molar-refractivity contribution is 0.801. The minimum absolute atomic E-state index is 0. The molecule has 7 heteroatoms. The Balaban J connectivity index is 0.00000144. The summed E-state index contributed by atoms with van der Waals surface area (Å²) in [4.78, 5) is 12.5. The standard InChI is InChI=1S/C15H16N6.HI/c16-13-12-14(20-15(17)19-13)21(8-18-12)7-10-3-1-2-4-11(10)9-5-6-9;/h1-4,8-9H,5-7H2,(H4,16,17,19,20);1H. The van der Waals surface area contributed by atoms with Crippen molar-refractivity contribution >= 4 is 46.9 Å². The lowest BCUT2D eigenvalue weighted by Crippen LogP contribution is -2.05. The monoisotopic (exact) mass is 408 g/mol. The van der Waals surface area contributed by atoms with Gasteiger partial charge in [0.1, 0.15) is 5.52 Å². The van der Waals surface area contributed by atoms with Gasteiger partial charge in [0.2, 0.25) is 5.95 Å². The van der Waals surface area contributed by atoms with Crippen molar-refractivity contribution in [3.63, 3.8) is 0 Å². The number of halogens is 1. The normalized spacial score (nSPS) is 14.0. The van der Waals surface area contributed by atoms with Crippen molar-refractivity contribution in [3.05, 3.63) is 41.7 Å². The van der Waals surface area contributed by atoms with E-state index in [0.717, 1.165) is 6.54 Å². The zero-order valence-corrected chi connectivity index (χ0v) is 14.3. The summed E-state index contributed by atoms with van der Waals surface area (Å²) in [6, 6.07) is 8.54. The predicted molar refractivity (Wildman–Crippen MR) is 97.1 cm³/mol. The molecule has 2 aromatic heterocycles. The van der Waals surface area contributed by atoms with Gasteiger partial charge in [0.25, 0.3) is 0 Å². The molecule has 1 saturated carbocycles. The highest BCUT2D eigenvalue weighted by Crippen LogP contribution is 2.41. The number of aromatic nitrogens is 4. The fourth-order valence-corrected chi connectivity index (χ4v) is 2.75. The highest BCUT2D eigenvalue weighted by Gasteiger charge is 2.25. The number of hydrogen-bond acceptors (Lipinski definition) is 5. The van der Waals surface area contributed by atoms with Crippen LogP contribution in [-0.2, 0) is 6.54 Å². The van der Waals surface area contributed by atoms with Crippen molar-refractivity contribution in [2.75, 3.05) is 11.5 Å². The third-order valence-electron chi connectivity index (χ3n) is 3.92. The largest absolute Gasteiger partial charge is 0.382 e. The second-order valence-corrected chi connectivity index (χ2v) is 5.48. The third-order valence-corrected chi connectivity index (χ3v) is 3.92. The summed E-state index contributed by atoms with van der Waals surface area (Å²) < 4.78 is 1.98. The molecule has 0 aliphatic heterocycles. The Morgan fingerprint density at radius 1 is 1.14 bits per heavy atom. The van der Waals surface area contributed by atoms with E-state index >= 15 is 0 Å². The number of benzene rings is 1. The van der Waals surface area contributed by atoms with Gasteiger partial charge in [-0.1, -0.05) is 24.3 Å². The minimum atomic E-state index is 0. The van der Waals surface area contributed by atoms with Gasteiger partial charge >= 0.3 is 0 Å². The number of nitrogens with two attached hydrogens (primary N) is 2. The molecule has 3 aromatic rings. The van der Waals surface area contributed by atoms with Crippen LogP contribution < -0.4 is 11.5 Å². The molecule has 0 amide bonds. The summed E-state index contributed by atoms with van der Waals surface area (Å²) in [5.41, 5.74) is 15.6. The van der Waals surface area contributed by atoms with E-state index in [-0.39, 0.29) is 29.9 Å². The Kier molecular flexibility index (Phi) is 3.90. The van der Waals surface area contributed by atoms with Crippen LogP contribution in [0, 0.1) is 0 Å². The van der Waals surface area contributed by atoms with Crippen molar-refractivity contribution in [2.45, 2.75) is 25.3 Å². The number of hydrogen-bond donors (Lipinski definition) is 2. The van der Waals surface area contributed by atoms with E-state index in [0.29, 0.717) is 22.9 Å². The fourth-order valence-electron chi connectivity index (χ4n) is 2.75. The van der Waals surface area contributed by atoms with Crippen LogP contribution in [0.25, 0.3) is 11.2 Å². The van der Waals surface area contributed by atoms with Crippen molar-refractivity contribution in [1.82, 2.24) is 19.5 Å². The lowest BCUT2D eigenvalue weighted by atomic mass is 10.0. The Morgan fingerprint density at radius 2 is 1.91 bits per heavy atom. The molecule has 0 bridgehead atoms. The number of anilines is 2. The van der Waals surface area contributed by atoms with Gasteiger partial charge < -0.3 is 16.0 Å². The molecule has 4 rings (SSSR count). The SMILES string of the molecule is I.Nc1nc(N)c2ncn(Cc3ccccc3C3CC3)c2n1. The van der Waals surface area contributed by atoms with Crippen molar-refractivity contribution in [2.24, 2.45) is 0 Å². The first-order valence-electron chi connectivity index (χ1n) is 7.04. The number of rotatable bonds is 3. The zero-order valence-electron chi connectivity index (χ0n) is 11.9. The maximum absolute atomic E-state index is 5.84. The van der Waals surface area contributed by atoms with E-state index in [1.54, 1.807) is 6.33 Å². The Bertz CT molecular complexity index is 824. The summed E-state index contributed by atoms with van der Waals surface area (Å²) in [5.74, 6) is 1.21. The van der Waals surface area contributed by atoms with Gasteiger partial charge in [-0.2, -0.15) is 9.97 Å². The summed E-state index contributed by atoms with van der Waals surface area (Å²) in [7, 11) is 0. The number of nitrogens with zero attached hydrogens (tertiary/aromatic N) is 4. The maximum atomic E-state index is 5.84. The second-order valence-electron chi connectivity index (χ2n) is 5.48. The van der Waals surface area contributed by atoms with Gasteiger partial charge in [-0.25, -0.2) is 4.98 Å². The van der Waals surface area contributed by atoms with Crippen LogP contribution in [0.1, 0.15) is 29.9 Å². The zero-order chi connectivity index (χ0) is 14.4. The van der Waals surface area contributed by atoms with Gasteiger partial charge in [0.15, 0.2) is 11.5 Å². The van der Waals surface area contributed by atoms with Crippen LogP contribution in [0.3, 0.4) is 0 Å². The van der Waals surface area contributed by atoms with E-state index in [1.165, 1.54) is 24.0 Å². The average molecular weight is 408 g/mol. The van der Waals surface area contributed by atoms with Gasteiger partial charge in [0.05, 0.1) is 12.9 Å². The summed E-state index contributed by atoms with van der Waals surface area (Å²) in [5, 5.41) is 0. The number of nitrogen functional groups attached to an aromatic ring is 2. The summed E-state index contributed by atoms with van der Waals surface area (Å²) in [6.07, 6.45) is 4.31. The summed E-state index contributed by atoms with van der Waals surface area (Å²) >= 11 is 0. The molecule has 1 fully saturated rings. The molecule has 1 aromatic carbocycles. The Hall–Kier alpha value is -1.90. The molecule has 0 saturated heterocycles. The second kappa shape index (κ2) is 5.71. The molecule has 1 aliphatic rings. The average Bonchev–Trinajstić information content (AvgIpc) is 3.23. The highest BCUT2D eigenvalue weighted by molar-refractivity contribution is 14.0. The third kappa shape index (κ3) is 2.60. The molecule has 1 aliphatic carbocycles. The van der Waals surface area contributed by atoms with Crippen LogP contribution in [-0.4, -0.2) is 19.5 Å². The quantitative estimate of drug-likeness (QED) is 0.650. The maximum Gasteiger partial charge on any atom is 0.224 e. The molecule has 114 valence electrons. The highest BCUT2D eigenvalue weighted by atomic mass is 127. The van der Waals surface area contributed by atoms with Crippen LogP contribution in [0.4, 0.5) is 11.8 Å². The minimum Gasteiger partial charge on any atom is -0.382 e. The van der Waals surface area contributed by atoms with Crippen LogP contribution >= 0.6 is 24.0 Å². The van der Waals surface area contributed by atoms with Gasteiger partial charge in [-0.3, -0.25) is 0 Å². The van der Waals surface area contributed by atoms with E-state index in [9.17, 15) is 0 Å². The van der Waals surface area contributed by atoms with Gasteiger partial charge in [-0.15, -0.1) is 24.0 Å². The van der Waals surface area contributed by atoms with E-state index in [4.69, 9.17) is 11.5 Å². The van der Waals surface area contributed by atoms with Crippen molar-refractivity contribution in [3.8, 4) is 0 Å². The molecular formula is C15H17IN6. The van der Waals surface area contributed by atoms with Crippen LogP contribution in [0.5, 0.6) is 0 Å². The topological polar surface area (TPSA) is 95.6 Å². The molecule has 0 atom stereocenters. The molecule has 22 heavy (non-hydrogen) atoms. The first-order chi connectivity index (χ1) is 10.2. The van der Waals surface area contributed by atoms with E-state index < -0.39 is 0 Å². The molecule has 6 nitrogen and oxygen atoms in total. The number of imidazole rings is 1. The predicted octanol–water partition coefficient (Wildman–Crippen LogP) is 2.53. The fraction of sp³-hybridized carbons (Fsp3) is 0.267. The van der Waals surface area contributed by atoms with Gasteiger partial charge in [0, 0.05) is 0 Å². The Labute approximate surface area is 145 Å². The first-order valence-corrected chi connectivity index (χ1v) is 7.04. The molecule has 0 unspecified atom stereocenters. The molecule has 2 heterocycles. The molecule has 0 radical (unpaired) electrons. The van der Waals surface area contributed by atoms with E-state index in [2.05, 4.69) is 39.2 Å². The number of fused-ring (bicyclic) bond motifs is 1. The van der Waals surface area contributed by atoms with Crippen molar-refractivity contribution < 1.29 is 0 Å². The van der Waals surface area contributed by atoms with Crippen LogP contribution in [0.2, 0.25) is 0 Å². The molecule has 4 N–H and O–H groups in total. The van der Waals surface area contributed by atoms with Crippen LogP contribution in [0.15, 0.2) is 30.6 Å². The molecule has 0 spiro atoms. The van der Waals surface area contributed by atoms with E-state index in [1.807, 2.05) is 4.57 Å². The van der Waals surface area contributed by atoms with Crippen molar-refractivity contribution in [1.29, 1.82) is 0 Å².